The summed E-state index contributed by atoms with van der Waals surface area (Å²) >= 11 is 0. The maximum atomic E-state index is 4.69. The second-order valence-electron chi connectivity index (χ2n) is 6.10. The monoisotopic (exact) mass is 292 g/mol. The minimum absolute atomic E-state index is 1.03. The van der Waals surface area contributed by atoms with Gasteiger partial charge in [0.2, 0.25) is 0 Å². The number of benzene rings is 1. The fraction of sp³-hybridized carbons (Fsp3) is 0.400. The molecule has 0 aliphatic rings. The molecule has 2 heteroatoms. The molecule has 0 atom stereocenters. The van der Waals surface area contributed by atoms with Crippen molar-refractivity contribution in [3.8, 4) is 0 Å². The first kappa shape index (κ1) is 15.0. The van der Waals surface area contributed by atoms with E-state index in [1.165, 1.54) is 47.6 Å². The highest BCUT2D eigenvalue weighted by atomic mass is 14.7. The van der Waals surface area contributed by atoms with Crippen molar-refractivity contribution in [2.24, 2.45) is 0 Å². The highest BCUT2D eigenvalue weighted by molar-refractivity contribution is 6.02. The highest BCUT2D eigenvalue weighted by Gasteiger charge is 2.05. The second kappa shape index (κ2) is 6.87. The standard InChI is InChI=1S/C20H24N2/c1-3-5-7-15-11-17-9-10-18-12-16(8-6-4-2)14-22-20(18)19(17)21-13-15/h9-14H,3-8H2,1-2H3. The number of hydrogen-bond acceptors (Lipinski definition) is 2. The van der Waals surface area contributed by atoms with Gasteiger partial charge in [0.25, 0.3) is 0 Å². The number of hydrogen-bond donors (Lipinski definition) is 0. The Kier molecular flexibility index (Phi) is 4.67. The van der Waals surface area contributed by atoms with Crippen molar-refractivity contribution in [2.75, 3.05) is 0 Å². The molecule has 2 aromatic heterocycles. The molecular weight excluding hydrogens is 268 g/mol. The van der Waals surface area contributed by atoms with Crippen molar-refractivity contribution < 1.29 is 0 Å². The van der Waals surface area contributed by atoms with Crippen LogP contribution >= 0.6 is 0 Å². The van der Waals surface area contributed by atoms with Crippen LogP contribution in [-0.4, -0.2) is 9.97 Å². The third kappa shape index (κ3) is 3.11. The predicted octanol–water partition coefficient (Wildman–Crippen LogP) is 5.47. The van der Waals surface area contributed by atoms with Crippen LogP contribution in [0.3, 0.4) is 0 Å². The average Bonchev–Trinajstić information content (AvgIpc) is 2.57. The lowest BCUT2D eigenvalue weighted by molar-refractivity contribution is 0.793. The molecule has 3 rings (SSSR count). The second-order valence-corrected chi connectivity index (χ2v) is 6.10. The molecular formula is C20H24N2. The molecule has 0 aliphatic carbocycles. The Balaban J connectivity index is 2.00. The van der Waals surface area contributed by atoms with Crippen molar-refractivity contribution in [3.63, 3.8) is 0 Å². The molecule has 0 fully saturated rings. The Morgan fingerprint density at radius 1 is 0.727 bits per heavy atom. The van der Waals surface area contributed by atoms with Gasteiger partial charge in [-0.15, -0.1) is 0 Å². The normalized spacial score (nSPS) is 11.4. The van der Waals surface area contributed by atoms with Crippen LogP contribution in [0.4, 0.5) is 0 Å². The molecule has 3 aromatic rings. The van der Waals surface area contributed by atoms with E-state index in [4.69, 9.17) is 9.97 Å². The van der Waals surface area contributed by atoms with Gasteiger partial charge in [0.15, 0.2) is 0 Å². The number of unbranched alkanes of at least 4 members (excludes halogenated alkanes) is 2. The minimum Gasteiger partial charge on any atom is -0.254 e. The first-order chi connectivity index (χ1) is 10.8. The Morgan fingerprint density at radius 2 is 1.18 bits per heavy atom. The summed E-state index contributed by atoms with van der Waals surface area (Å²) in [6, 6.07) is 8.91. The zero-order valence-corrected chi connectivity index (χ0v) is 13.6. The molecule has 0 aliphatic heterocycles. The van der Waals surface area contributed by atoms with E-state index in [0.717, 1.165) is 23.9 Å². The van der Waals surface area contributed by atoms with Crippen LogP contribution in [0.25, 0.3) is 21.8 Å². The van der Waals surface area contributed by atoms with Gasteiger partial charge in [-0.05, 0) is 48.9 Å². The Labute approximate surface area is 132 Å². The number of aryl methyl sites for hydroxylation is 2. The van der Waals surface area contributed by atoms with Crippen molar-refractivity contribution in [3.05, 3.63) is 47.8 Å². The molecule has 2 heterocycles. The number of fused-ring (bicyclic) bond motifs is 3. The molecule has 0 saturated carbocycles. The lowest BCUT2D eigenvalue weighted by Gasteiger charge is -2.07. The summed E-state index contributed by atoms with van der Waals surface area (Å²) in [7, 11) is 0. The maximum Gasteiger partial charge on any atom is 0.0964 e. The van der Waals surface area contributed by atoms with E-state index >= 15 is 0 Å². The summed E-state index contributed by atoms with van der Waals surface area (Å²) in [5.41, 5.74) is 4.71. The summed E-state index contributed by atoms with van der Waals surface area (Å²) in [5, 5.41) is 2.41. The van der Waals surface area contributed by atoms with E-state index in [1.54, 1.807) is 0 Å². The van der Waals surface area contributed by atoms with Crippen LogP contribution in [0.1, 0.15) is 50.7 Å². The average molecular weight is 292 g/mol. The van der Waals surface area contributed by atoms with Gasteiger partial charge in [0, 0.05) is 23.2 Å². The van der Waals surface area contributed by atoms with Gasteiger partial charge >= 0.3 is 0 Å². The largest absolute Gasteiger partial charge is 0.254 e. The first-order valence-corrected chi connectivity index (χ1v) is 8.48. The molecule has 0 saturated heterocycles. The van der Waals surface area contributed by atoms with E-state index in [1.807, 2.05) is 12.4 Å². The number of aromatic nitrogens is 2. The van der Waals surface area contributed by atoms with Crippen molar-refractivity contribution in [1.82, 2.24) is 9.97 Å². The van der Waals surface area contributed by atoms with E-state index in [-0.39, 0.29) is 0 Å². The van der Waals surface area contributed by atoms with Crippen LogP contribution in [0.5, 0.6) is 0 Å². The van der Waals surface area contributed by atoms with Crippen LogP contribution in [-0.2, 0) is 12.8 Å². The lowest BCUT2D eigenvalue weighted by Crippen LogP contribution is -1.92. The third-order valence-electron chi connectivity index (χ3n) is 4.25. The van der Waals surface area contributed by atoms with E-state index in [9.17, 15) is 0 Å². The SMILES string of the molecule is CCCCc1cnc2c(ccc3cc(CCCC)cnc32)c1. The van der Waals surface area contributed by atoms with Gasteiger partial charge in [-0.2, -0.15) is 0 Å². The van der Waals surface area contributed by atoms with Crippen LogP contribution < -0.4 is 0 Å². The third-order valence-corrected chi connectivity index (χ3v) is 4.25. The summed E-state index contributed by atoms with van der Waals surface area (Å²) in [6.07, 6.45) is 11.1. The van der Waals surface area contributed by atoms with Gasteiger partial charge in [-0.25, -0.2) is 0 Å². The van der Waals surface area contributed by atoms with Gasteiger partial charge in [-0.1, -0.05) is 38.8 Å². The van der Waals surface area contributed by atoms with Gasteiger partial charge in [-0.3, -0.25) is 9.97 Å². The predicted molar refractivity (Wildman–Crippen MR) is 94.3 cm³/mol. The van der Waals surface area contributed by atoms with Gasteiger partial charge in [0.1, 0.15) is 0 Å². The molecule has 0 radical (unpaired) electrons. The Bertz CT molecular complexity index is 710. The smallest absolute Gasteiger partial charge is 0.0964 e. The minimum atomic E-state index is 1.03. The molecule has 0 unspecified atom stereocenters. The van der Waals surface area contributed by atoms with Gasteiger partial charge < -0.3 is 0 Å². The van der Waals surface area contributed by atoms with Crippen molar-refractivity contribution >= 4 is 21.8 Å². The van der Waals surface area contributed by atoms with Gasteiger partial charge in [0.05, 0.1) is 11.0 Å². The molecule has 2 nitrogen and oxygen atoms in total. The fourth-order valence-corrected chi connectivity index (χ4v) is 2.92. The molecule has 22 heavy (non-hydrogen) atoms. The van der Waals surface area contributed by atoms with Crippen molar-refractivity contribution in [1.29, 1.82) is 0 Å². The Hall–Kier alpha value is -1.96. The molecule has 0 spiro atoms. The number of rotatable bonds is 6. The number of nitrogens with zero attached hydrogens (tertiary/aromatic N) is 2. The summed E-state index contributed by atoms with van der Waals surface area (Å²) in [4.78, 5) is 9.38. The zero-order chi connectivity index (χ0) is 15.4. The number of pyridine rings is 2. The van der Waals surface area contributed by atoms with Crippen molar-refractivity contribution in [2.45, 2.75) is 52.4 Å². The van der Waals surface area contributed by atoms with E-state index in [0.29, 0.717) is 0 Å². The first-order valence-electron chi connectivity index (χ1n) is 8.48. The van der Waals surface area contributed by atoms with Crippen LogP contribution in [0.2, 0.25) is 0 Å². The molecule has 1 aromatic carbocycles. The maximum absolute atomic E-state index is 4.69. The lowest BCUT2D eigenvalue weighted by atomic mass is 10.0. The summed E-state index contributed by atoms with van der Waals surface area (Å²) in [5.74, 6) is 0. The van der Waals surface area contributed by atoms with E-state index in [2.05, 4.69) is 38.1 Å². The molecule has 114 valence electrons. The topological polar surface area (TPSA) is 25.8 Å². The van der Waals surface area contributed by atoms with Crippen LogP contribution in [0.15, 0.2) is 36.7 Å². The Morgan fingerprint density at radius 3 is 1.59 bits per heavy atom. The molecule has 0 amide bonds. The molecule has 0 bridgehead atoms. The summed E-state index contributed by atoms with van der Waals surface area (Å²) in [6.45, 7) is 4.45. The van der Waals surface area contributed by atoms with E-state index < -0.39 is 0 Å². The quantitative estimate of drug-likeness (QED) is 0.563. The van der Waals surface area contributed by atoms with Crippen LogP contribution in [0, 0.1) is 0 Å². The zero-order valence-electron chi connectivity index (χ0n) is 13.6. The molecule has 0 N–H and O–H groups in total. The highest BCUT2D eigenvalue weighted by Crippen LogP contribution is 2.24. The fourth-order valence-electron chi connectivity index (χ4n) is 2.92. The summed E-state index contributed by atoms with van der Waals surface area (Å²) < 4.78 is 0.